The highest BCUT2D eigenvalue weighted by Gasteiger charge is 2.13. The Bertz CT molecular complexity index is 584. The number of hydrogen-bond acceptors (Lipinski definition) is 3. The monoisotopic (exact) mass is 270 g/mol. The average Bonchev–Trinajstić information content (AvgIpc) is 2.48. The number of hydrogen-bond donors (Lipinski definition) is 1. The van der Waals surface area contributed by atoms with E-state index in [0.29, 0.717) is 0 Å². The van der Waals surface area contributed by atoms with Crippen LogP contribution in [0.5, 0.6) is 0 Å². The number of nitro groups is 1. The van der Waals surface area contributed by atoms with E-state index in [-0.39, 0.29) is 22.7 Å². The molecule has 0 spiro atoms. The third-order valence-corrected chi connectivity index (χ3v) is 3.38. The molecule has 2 rings (SSSR count). The summed E-state index contributed by atoms with van der Waals surface area (Å²) in [6.45, 7) is 4.10. The molecule has 0 saturated carbocycles. The van der Waals surface area contributed by atoms with Crippen LogP contribution in [0.3, 0.4) is 0 Å². The van der Waals surface area contributed by atoms with Gasteiger partial charge in [0.05, 0.1) is 4.92 Å². The summed E-state index contributed by atoms with van der Waals surface area (Å²) >= 11 is 0. The SMILES string of the molecule is CC(N[C@@H](C)c1ccccc1)c1cccc([N+](=O)[O-])c1. The molecule has 2 aromatic carbocycles. The smallest absolute Gasteiger partial charge is 0.269 e. The predicted octanol–water partition coefficient (Wildman–Crippen LogP) is 4.01. The van der Waals surface area contributed by atoms with E-state index in [4.69, 9.17) is 0 Å². The first-order valence-electron chi connectivity index (χ1n) is 6.63. The Hall–Kier alpha value is -2.20. The van der Waals surface area contributed by atoms with E-state index in [0.717, 1.165) is 5.56 Å². The minimum absolute atomic E-state index is 0.0464. The molecule has 1 N–H and O–H groups in total. The summed E-state index contributed by atoms with van der Waals surface area (Å²) in [5.41, 5.74) is 2.25. The van der Waals surface area contributed by atoms with Crippen molar-refractivity contribution < 1.29 is 4.92 Å². The van der Waals surface area contributed by atoms with Crippen LogP contribution < -0.4 is 5.32 Å². The second-order valence-corrected chi connectivity index (χ2v) is 4.87. The van der Waals surface area contributed by atoms with Crippen molar-refractivity contribution in [2.45, 2.75) is 25.9 Å². The summed E-state index contributed by atoms with van der Waals surface area (Å²) in [4.78, 5) is 10.4. The topological polar surface area (TPSA) is 55.2 Å². The Morgan fingerprint density at radius 3 is 2.20 bits per heavy atom. The maximum atomic E-state index is 10.8. The predicted molar refractivity (Wildman–Crippen MR) is 79.5 cm³/mol. The number of benzene rings is 2. The average molecular weight is 270 g/mol. The van der Waals surface area contributed by atoms with E-state index in [9.17, 15) is 10.1 Å². The second kappa shape index (κ2) is 6.30. The van der Waals surface area contributed by atoms with E-state index in [1.54, 1.807) is 12.1 Å². The highest BCUT2D eigenvalue weighted by atomic mass is 16.6. The molecule has 0 bridgehead atoms. The molecule has 20 heavy (non-hydrogen) atoms. The van der Waals surface area contributed by atoms with Gasteiger partial charge in [-0.2, -0.15) is 0 Å². The van der Waals surface area contributed by atoms with Gasteiger partial charge in [-0.15, -0.1) is 0 Å². The van der Waals surface area contributed by atoms with E-state index in [1.807, 2.05) is 31.2 Å². The zero-order valence-electron chi connectivity index (χ0n) is 11.6. The summed E-state index contributed by atoms with van der Waals surface area (Å²) < 4.78 is 0. The maximum absolute atomic E-state index is 10.8. The van der Waals surface area contributed by atoms with Crippen molar-refractivity contribution in [2.24, 2.45) is 0 Å². The van der Waals surface area contributed by atoms with Crippen LogP contribution in [0, 0.1) is 10.1 Å². The van der Waals surface area contributed by atoms with Crippen molar-refractivity contribution in [3.8, 4) is 0 Å². The molecule has 0 aliphatic rings. The fraction of sp³-hybridized carbons (Fsp3) is 0.250. The quantitative estimate of drug-likeness (QED) is 0.659. The molecule has 104 valence electrons. The zero-order valence-corrected chi connectivity index (χ0v) is 11.6. The summed E-state index contributed by atoms with van der Waals surface area (Å²) in [5, 5.41) is 14.3. The number of non-ortho nitro benzene ring substituents is 1. The lowest BCUT2D eigenvalue weighted by atomic mass is 10.0. The molecule has 4 heteroatoms. The molecule has 0 aromatic heterocycles. The summed E-state index contributed by atoms with van der Waals surface area (Å²) in [5.74, 6) is 0. The van der Waals surface area contributed by atoms with Gasteiger partial charge in [0.2, 0.25) is 0 Å². The molecule has 2 aromatic rings. The fourth-order valence-electron chi connectivity index (χ4n) is 2.22. The molecule has 0 amide bonds. The van der Waals surface area contributed by atoms with Gasteiger partial charge < -0.3 is 5.32 Å². The molecule has 0 fully saturated rings. The number of nitrogens with zero attached hydrogens (tertiary/aromatic N) is 1. The Morgan fingerprint density at radius 1 is 0.950 bits per heavy atom. The van der Waals surface area contributed by atoms with Crippen LogP contribution in [0.1, 0.15) is 37.1 Å². The van der Waals surface area contributed by atoms with E-state index in [2.05, 4.69) is 24.4 Å². The van der Waals surface area contributed by atoms with E-state index in [1.165, 1.54) is 11.6 Å². The lowest BCUT2D eigenvalue weighted by molar-refractivity contribution is -0.384. The lowest BCUT2D eigenvalue weighted by Gasteiger charge is -2.20. The molecule has 0 radical (unpaired) electrons. The summed E-state index contributed by atoms with van der Waals surface area (Å²) in [6.07, 6.45) is 0. The van der Waals surface area contributed by atoms with Crippen LogP contribution in [0.15, 0.2) is 54.6 Å². The van der Waals surface area contributed by atoms with Gasteiger partial charge in [0.25, 0.3) is 5.69 Å². The minimum Gasteiger partial charge on any atom is -0.304 e. The molecule has 4 nitrogen and oxygen atoms in total. The zero-order chi connectivity index (χ0) is 14.5. The molecular weight excluding hydrogens is 252 g/mol. The molecule has 1 unspecified atom stereocenters. The molecule has 0 heterocycles. The van der Waals surface area contributed by atoms with E-state index < -0.39 is 0 Å². The molecular formula is C16H18N2O2. The minimum atomic E-state index is -0.364. The summed E-state index contributed by atoms with van der Waals surface area (Å²) in [7, 11) is 0. The third kappa shape index (κ3) is 3.42. The van der Waals surface area contributed by atoms with Gasteiger partial charge in [0.1, 0.15) is 0 Å². The summed E-state index contributed by atoms with van der Waals surface area (Å²) in [6, 6.07) is 17.1. The first kappa shape index (κ1) is 14.2. The third-order valence-electron chi connectivity index (χ3n) is 3.38. The van der Waals surface area contributed by atoms with Crippen LogP contribution in [0.2, 0.25) is 0 Å². The Kier molecular flexibility index (Phi) is 4.48. The highest BCUT2D eigenvalue weighted by molar-refractivity contribution is 5.35. The van der Waals surface area contributed by atoms with Crippen molar-refractivity contribution in [3.05, 3.63) is 75.8 Å². The Morgan fingerprint density at radius 2 is 1.55 bits per heavy atom. The molecule has 0 aliphatic heterocycles. The van der Waals surface area contributed by atoms with Crippen molar-refractivity contribution >= 4 is 5.69 Å². The van der Waals surface area contributed by atoms with Crippen molar-refractivity contribution in [3.63, 3.8) is 0 Å². The first-order valence-corrected chi connectivity index (χ1v) is 6.63. The van der Waals surface area contributed by atoms with Crippen LogP contribution in [-0.4, -0.2) is 4.92 Å². The maximum Gasteiger partial charge on any atom is 0.269 e. The first-order chi connectivity index (χ1) is 9.58. The van der Waals surface area contributed by atoms with Gasteiger partial charge in [0.15, 0.2) is 0 Å². The lowest BCUT2D eigenvalue weighted by Crippen LogP contribution is -2.22. The number of nitro benzene ring substituents is 1. The Labute approximate surface area is 118 Å². The highest BCUT2D eigenvalue weighted by Crippen LogP contribution is 2.22. The molecule has 0 saturated heterocycles. The largest absolute Gasteiger partial charge is 0.304 e. The van der Waals surface area contributed by atoms with Crippen molar-refractivity contribution in [1.29, 1.82) is 0 Å². The van der Waals surface area contributed by atoms with E-state index >= 15 is 0 Å². The van der Waals surface area contributed by atoms with Gasteiger partial charge >= 0.3 is 0 Å². The van der Waals surface area contributed by atoms with Crippen LogP contribution >= 0.6 is 0 Å². The van der Waals surface area contributed by atoms with Crippen LogP contribution in [0.4, 0.5) is 5.69 Å². The van der Waals surface area contributed by atoms with Gasteiger partial charge in [-0.1, -0.05) is 42.5 Å². The normalized spacial score (nSPS) is 13.7. The van der Waals surface area contributed by atoms with Gasteiger partial charge in [0, 0.05) is 24.2 Å². The molecule has 0 aliphatic carbocycles. The second-order valence-electron chi connectivity index (χ2n) is 4.87. The standard InChI is InChI=1S/C16H18N2O2/c1-12(14-7-4-3-5-8-14)17-13(2)15-9-6-10-16(11-15)18(19)20/h3-13,17H,1-2H3/t12-,13?/m0/s1. The fourth-order valence-corrected chi connectivity index (χ4v) is 2.22. The Balaban J connectivity index is 2.10. The van der Waals surface area contributed by atoms with Crippen LogP contribution in [-0.2, 0) is 0 Å². The van der Waals surface area contributed by atoms with Gasteiger partial charge in [-0.3, -0.25) is 10.1 Å². The number of rotatable bonds is 5. The van der Waals surface area contributed by atoms with Crippen molar-refractivity contribution in [2.75, 3.05) is 0 Å². The van der Waals surface area contributed by atoms with Gasteiger partial charge in [-0.05, 0) is 25.0 Å². The van der Waals surface area contributed by atoms with Gasteiger partial charge in [-0.25, -0.2) is 0 Å². The van der Waals surface area contributed by atoms with Crippen LogP contribution in [0.25, 0.3) is 0 Å². The van der Waals surface area contributed by atoms with Crippen molar-refractivity contribution in [1.82, 2.24) is 5.32 Å². The molecule has 2 atom stereocenters. The number of nitrogens with one attached hydrogen (secondary N) is 1.